The molecule has 0 unspecified atom stereocenters. The second-order valence-electron chi connectivity index (χ2n) is 5.45. The maximum absolute atomic E-state index is 4.46. The fourth-order valence-corrected chi connectivity index (χ4v) is 3.05. The third kappa shape index (κ3) is 2.84. The van der Waals surface area contributed by atoms with Gasteiger partial charge in [-0.25, -0.2) is 9.97 Å². The number of hydrogen-bond acceptors (Lipinski definition) is 4. The molecule has 1 aliphatic carbocycles. The Kier molecular flexibility index (Phi) is 4.04. The largest absolute Gasteiger partial charge is 0.370 e. The summed E-state index contributed by atoms with van der Waals surface area (Å²) < 4.78 is 0. The molecule has 2 N–H and O–H groups in total. The van der Waals surface area contributed by atoms with Crippen LogP contribution in [0, 0.1) is 0 Å². The predicted molar refractivity (Wildman–Crippen MR) is 86.8 cm³/mol. The summed E-state index contributed by atoms with van der Waals surface area (Å²) in [6, 6.07) is 9.11. The van der Waals surface area contributed by atoms with Crippen molar-refractivity contribution in [2.45, 2.75) is 39.2 Å². The Labute approximate surface area is 126 Å². The van der Waals surface area contributed by atoms with Gasteiger partial charge in [-0.1, -0.05) is 31.2 Å². The third-order valence-electron chi connectivity index (χ3n) is 4.03. The zero-order valence-electron chi connectivity index (χ0n) is 12.7. The van der Waals surface area contributed by atoms with Crippen molar-refractivity contribution < 1.29 is 0 Å². The molecular weight excluding hydrogens is 260 g/mol. The number of nitrogens with one attached hydrogen (secondary N) is 2. The monoisotopic (exact) mass is 282 g/mol. The highest BCUT2D eigenvalue weighted by Crippen LogP contribution is 2.26. The van der Waals surface area contributed by atoms with Crippen LogP contribution in [0.5, 0.6) is 0 Å². The lowest BCUT2D eigenvalue weighted by atomic mass is 10.1. The van der Waals surface area contributed by atoms with E-state index in [1.165, 1.54) is 16.7 Å². The van der Waals surface area contributed by atoms with Crippen molar-refractivity contribution in [2.24, 2.45) is 0 Å². The zero-order chi connectivity index (χ0) is 14.7. The average Bonchev–Trinajstić information content (AvgIpc) is 2.90. The van der Waals surface area contributed by atoms with Crippen LogP contribution in [0.1, 0.15) is 30.5 Å². The normalized spacial score (nSPS) is 14.0. The molecule has 0 saturated carbocycles. The van der Waals surface area contributed by atoms with Crippen LogP contribution in [-0.4, -0.2) is 22.6 Å². The van der Waals surface area contributed by atoms with Gasteiger partial charge in [-0.15, -0.1) is 0 Å². The fourth-order valence-electron chi connectivity index (χ4n) is 3.05. The second kappa shape index (κ2) is 6.12. The van der Waals surface area contributed by atoms with Gasteiger partial charge in [0.05, 0.1) is 0 Å². The van der Waals surface area contributed by atoms with E-state index in [0.29, 0.717) is 6.04 Å². The molecule has 1 aromatic heterocycles. The van der Waals surface area contributed by atoms with Crippen molar-refractivity contribution in [1.82, 2.24) is 9.97 Å². The number of hydrogen-bond donors (Lipinski definition) is 2. The minimum Gasteiger partial charge on any atom is -0.370 e. The van der Waals surface area contributed by atoms with Gasteiger partial charge in [0.2, 0.25) is 0 Å². The van der Waals surface area contributed by atoms with E-state index in [1.54, 1.807) is 6.33 Å². The molecule has 4 nitrogen and oxygen atoms in total. The average molecular weight is 282 g/mol. The summed E-state index contributed by atoms with van der Waals surface area (Å²) >= 11 is 0. The molecule has 0 bridgehead atoms. The Balaban J connectivity index is 1.79. The van der Waals surface area contributed by atoms with Gasteiger partial charge in [0.1, 0.15) is 18.0 Å². The fraction of sp³-hybridized carbons (Fsp3) is 0.412. The van der Waals surface area contributed by atoms with Crippen LogP contribution in [0.15, 0.2) is 30.6 Å². The first kappa shape index (κ1) is 13.9. The molecule has 110 valence electrons. The van der Waals surface area contributed by atoms with Crippen LogP contribution in [0.4, 0.5) is 11.6 Å². The first-order valence-electron chi connectivity index (χ1n) is 7.72. The second-order valence-corrected chi connectivity index (χ2v) is 5.45. The van der Waals surface area contributed by atoms with Crippen molar-refractivity contribution >= 4 is 11.6 Å². The summed E-state index contributed by atoms with van der Waals surface area (Å²) in [7, 11) is 0. The lowest BCUT2D eigenvalue weighted by Crippen LogP contribution is -2.22. The number of benzene rings is 1. The Morgan fingerprint density at radius 2 is 1.71 bits per heavy atom. The van der Waals surface area contributed by atoms with Gasteiger partial charge < -0.3 is 10.6 Å². The van der Waals surface area contributed by atoms with Crippen LogP contribution >= 0.6 is 0 Å². The highest BCUT2D eigenvalue weighted by molar-refractivity contribution is 5.58. The Bertz CT molecular complexity index is 599. The van der Waals surface area contributed by atoms with Gasteiger partial charge in [0.25, 0.3) is 0 Å². The Morgan fingerprint density at radius 3 is 2.33 bits per heavy atom. The van der Waals surface area contributed by atoms with Gasteiger partial charge in [-0.05, 0) is 37.3 Å². The molecule has 0 saturated heterocycles. The number of aromatic nitrogens is 2. The quantitative estimate of drug-likeness (QED) is 0.885. The van der Waals surface area contributed by atoms with Crippen LogP contribution in [0.2, 0.25) is 0 Å². The first-order valence-corrected chi connectivity index (χ1v) is 7.72. The summed E-state index contributed by atoms with van der Waals surface area (Å²) in [4.78, 5) is 8.81. The molecule has 4 heteroatoms. The minimum absolute atomic E-state index is 0.428. The van der Waals surface area contributed by atoms with Crippen molar-refractivity contribution in [1.29, 1.82) is 0 Å². The maximum Gasteiger partial charge on any atom is 0.134 e. The SMILES string of the molecule is CCNc1ncnc(NC2Cc3ccccc3C2)c1CC. The molecule has 3 rings (SSSR count). The summed E-state index contributed by atoms with van der Waals surface area (Å²) in [6.07, 6.45) is 4.70. The zero-order valence-corrected chi connectivity index (χ0v) is 12.7. The molecule has 21 heavy (non-hydrogen) atoms. The standard InChI is InChI=1S/C17H22N4/c1-3-15-16(18-4-2)19-11-20-17(15)21-14-9-12-7-5-6-8-13(12)10-14/h5-8,11,14H,3-4,9-10H2,1-2H3,(H2,18,19,20,21). The molecule has 0 atom stereocenters. The predicted octanol–water partition coefficient (Wildman–Crippen LogP) is 3.05. The Hall–Kier alpha value is -2.10. The van der Waals surface area contributed by atoms with Gasteiger partial charge in [-0.2, -0.15) is 0 Å². The van der Waals surface area contributed by atoms with E-state index in [-0.39, 0.29) is 0 Å². The van der Waals surface area contributed by atoms with Gasteiger partial charge in [0, 0.05) is 18.2 Å². The molecule has 0 radical (unpaired) electrons. The van der Waals surface area contributed by atoms with E-state index in [4.69, 9.17) is 0 Å². The minimum atomic E-state index is 0.428. The van der Waals surface area contributed by atoms with Crippen LogP contribution < -0.4 is 10.6 Å². The lowest BCUT2D eigenvalue weighted by molar-refractivity contribution is 0.764. The van der Waals surface area contributed by atoms with Crippen LogP contribution in [0.25, 0.3) is 0 Å². The van der Waals surface area contributed by atoms with Crippen molar-refractivity contribution in [3.63, 3.8) is 0 Å². The molecule has 0 spiro atoms. The third-order valence-corrected chi connectivity index (χ3v) is 4.03. The van der Waals surface area contributed by atoms with E-state index in [0.717, 1.165) is 37.4 Å². The van der Waals surface area contributed by atoms with Crippen molar-refractivity contribution in [2.75, 3.05) is 17.2 Å². The van der Waals surface area contributed by atoms with E-state index >= 15 is 0 Å². The van der Waals surface area contributed by atoms with Crippen LogP contribution in [0.3, 0.4) is 0 Å². The van der Waals surface area contributed by atoms with Gasteiger partial charge in [0.15, 0.2) is 0 Å². The van der Waals surface area contributed by atoms with E-state index in [2.05, 4.69) is 58.7 Å². The number of rotatable bonds is 5. The highest BCUT2D eigenvalue weighted by atomic mass is 15.1. The molecule has 1 aromatic carbocycles. The molecule has 1 heterocycles. The van der Waals surface area contributed by atoms with E-state index in [1.807, 2.05) is 0 Å². The summed E-state index contributed by atoms with van der Waals surface area (Å²) in [5.74, 6) is 1.93. The molecule has 0 aliphatic heterocycles. The van der Waals surface area contributed by atoms with Crippen LogP contribution in [-0.2, 0) is 19.3 Å². The number of anilines is 2. The molecule has 0 fully saturated rings. The summed E-state index contributed by atoms with van der Waals surface area (Å²) in [5.41, 5.74) is 4.08. The van der Waals surface area contributed by atoms with Gasteiger partial charge >= 0.3 is 0 Å². The number of fused-ring (bicyclic) bond motifs is 1. The van der Waals surface area contributed by atoms with E-state index in [9.17, 15) is 0 Å². The Morgan fingerprint density at radius 1 is 1.05 bits per heavy atom. The molecule has 0 amide bonds. The highest BCUT2D eigenvalue weighted by Gasteiger charge is 2.22. The first-order chi connectivity index (χ1) is 10.3. The number of nitrogens with zero attached hydrogens (tertiary/aromatic N) is 2. The summed E-state index contributed by atoms with van der Waals surface area (Å²) in [6.45, 7) is 5.11. The van der Waals surface area contributed by atoms with Crippen molar-refractivity contribution in [3.05, 3.63) is 47.3 Å². The smallest absolute Gasteiger partial charge is 0.134 e. The van der Waals surface area contributed by atoms with E-state index < -0.39 is 0 Å². The molecule has 1 aliphatic rings. The molecule has 2 aromatic rings. The summed E-state index contributed by atoms with van der Waals surface area (Å²) in [5, 5.41) is 6.93. The lowest BCUT2D eigenvalue weighted by Gasteiger charge is -2.17. The molecular formula is C17H22N4. The van der Waals surface area contributed by atoms with Gasteiger partial charge in [-0.3, -0.25) is 0 Å². The topological polar surface area (TPSA) is 49.8 Å². The van der Waals surface area contributed by atoms with Crippen molar-refractivity contribution in [3.8, 4) is 0 Å². The maximum atomic E-state index is 4.46.